The van der Waals surface area contributed by atoms with E-state index in [1.165, 1.54) is 0 Å². The Hall–Kier alpha value is -1.72. The maximum absolute atomic E-state index is 11.1. The lowest BCUT2D eigenvalue weighted by Crippen LogP contribution is -2.22. The van der Waals surface area contributed by atoms with Gasteiger partial charge in [0.25, 0.3) is 0 Å². The van der Waals surface area contributed by atoms with Gasteiger partial charge in [-0.2, -0.15) is 0 Å². The molecule has 0 radical (unpaired) electrons. The van der Waals surface area contributed by atoms with Crippen LogP contribution >= 0.6 is 0 Å². The topological polar surface area (TPSA) is 86.7 Å². The van der Waals surface area contributed by atoms with Crippen LogP contribution in [0.1, 0.15) is 19.8 Å². The van der Waals surface area contributed by atoms with E-state index in [9.17, 15) is 19.2 Å². The number of Topliss-reactive ketones (excluding diaryl/α,β-unsaturated/α-hetero) is 2. The van der Waals surface area contributed by atoms with Crippen molar-refractivity contribution in [3.63, 3.8) is 0 Å². The van der Waals surface area contributed by atoms with Gasteiger partial charge in [-0.05, 0) is 5.92 Å². The molecule has 0 aliphatic carbocycles. The Kier molecular flexibility index (Phi) is 5.99. The number of esters is 2. The summed E-state index contributed by atoms with van der Waals surface area (Å²) < 4.78 is 8.44. The fraction of sp³-hybridized carbons (Fsp3) is 0.600. The van der Waals surface area contributed by atoms with E-state index in [-0.39, 0.29) is 12.8 Å². The van der Waals surface area contributed by atoms with Crippen LogP contribution in [0, 0.1) is 5.92 Å². The highest BCUT2D eigenvalue weighted by molar-refractivity contribution is 6.34. The highest BCUT2D eigenvalue weighted by Gasteiger charge is 2.22. The molecule has 0 bridgehead atoms. The number of hydrogen-bond acceptors (Lipinski definition) is 6. The van der Waals surface area contributed by atoms with Crippen molar-refractivity contribution in [2.45, 2.75) is 19.8 Å². The van der Waals surface area contributed by atoms with Crippen LogP contribution in [0.5, 0.6) is 0 Å². The summed E-state index contributed by atoms with van der Waals surface area (Å²) in [6.45, 7) is 1.58. The lowest BCUT2D eigenvalue weighted by atomic mass is 9.98. The number of methoxy groups -OCH3 is 2. The van der Waals surface area contributed by atoms with Gasteiger partial charge in [0, 0.05) is 12.8 Å². The van der Waals surface area contributed by atoms with Crippen molar-refractivity contribution in [2.75, 3.05) is 14.2 Å². The lowest BCUT2D eigenvalue weighted by Gasteiger charge is -2.07. The van der Waals surface area contributed by atoms with Crippen LogP contribution in [0.2, 0.25) is 0 Å². The van der Waals surface area contributed by atoms with Crippen LogP contribution in [0.15, 0.2) is 0 Å². The summed E-state index contributed by atoms with van der Waals surface area (Å²) in [5.41, 5.74) is 0. The third-order valence-corrected chi connectivity index (χ3v) is 1.89. The smallest absolute Gasteiger partial charge is 0.374 e. The first-order chi connectivity index (χ1) is 7.42. The SMILES string of the molecule is COC(=O)C(=O)CC(C)CC(=O)C(=O)OC. The molecule has 0 atom stereocenters. The Labute approximate surface area is 92.9 Å². The number of rotatable bonds is 6. The Morgan fingerprint density at radius 1 is 0.875 bits per heavy atom. The molecule has 16 heavy (non-hydrogen) atoms. The largest absolute Gasteiger partial charge is 0.463 e. The molecule has 0 aromatic carbocycles. The second-order valence-corrected chi connectivity index (χ2v) is 3.34. The third kappa shape index (κ3) is 4.68. The summed E-state index contributed by atoms with van der Waals surface area (Å²) in [6, 6.07) is 0. The lowest BCUT2D eigenvalue weighted by molar-refractivity contribution is -0.153. The molecule has 0 N–H and O–H groups in total. The van der Waals surface area contributed by atoms with Gasteiger partial charge in [0.15, 0.2) is 0 Å². The quantitative estimate of drug-likeness (QED) is 0.467. The molecule has 0 saturated heterocycles. The summed E-state index contributed by atoms with van der Waals surface area (Å²) in [6.07, 6.45) is -0.259. The van der Waals surface area contributed by atoms with Crippen LogP contribution < -0.4 is 0 Å². The van der Waals surface area contributed by atoms with E-state index >= 15 is 0 Å². The van der Waals surface area contributed by atoms with Gasteiger partial charge >= 0.3 is 11.9 Å². The minimum absolute atomic E-state index is 0.130. The second kappa shape index (κ2) is 6.71. The molecule has 0 heterocycles. The van der Waals surface area contributed by atoms with Gasteiger partial charge < -0.3 is 9.47 Å². The standard InChI is InChI=1S/C10H14O6/c1-6(4-7(11)9(13)15-2)5-8(12)10(14)16-3/h6H,4-5H2,1-3H3. The molecule has 6 heteroatoms. The van der Waals surface area contributed by atoms with Crippen molar-refractivity contribution in [3.8, 4) is 0 Å². The molecular formula is C10H14O6. The van der Waals surface area contributed by atoms with Crippen LogP contribution in [-0.2, 0) is 28.7 Å². The predicted molar refractivity (Wildman–Crippen MR) is 52.4 cm³/mol. The first-order valence-electron chi connectivity index (χ1n) is 4.64. The normalized spacial score (nSPS) is 9.75. The molecule has 0 amide bonds. The van der Waals surface area contributed by atoms with Crippen molar-refractivity contribution in [1.29, 1.82) is 0 Å². The van der Waals surface area contributed by atoms with E-state index in [1.54, 1.807) is 6.92 Å². The molecule has 0 aromatic heterocycles. The fourth-order valence-corrected chi connectivity index (χ4v) is 1.10. The van der Waals surface area contributed by atoms with Gasteiger partial charge in [-0.1, -0.05) is 6.92 Å². The van der Waals surface area contributed by atoms with Gasteiger partial charge in [-0.15, -0.1) is 0 Å². The molecule has 0 aliphatic heterocycles. The van der Waals surface area contributed by atoms with E-state index in [0.29, 0.717) is 0 Å². The molecular weight excluding hydrogens is 216 g/mol. The van der Waals surface area contributed by atoms with Gasteiger partial charge in [0.05, 0.1) is 14.2 Å². The molecule has 0 fully saturated rings. The van der Waals surface area contributed by atoms with Crippen molar-refractivity contribution in [1.82, 2.24) is 0 Å². The molecule has 90 valence electrons. The number of carbonyl (C=O) groups excluding carboxylic acids is 4. The zero-order valence-electron chi connectivity index (χ0n) is 9.44. The zero-order chi connectivity index (χ0) is 12.7. The van der Waals surface area contributed by atoms with E-state index in [4.69, 9.17) is 0 Å². The molecule has 0 unspecified atom stereocenters. The third-order valence-electron chi connectivity index (χ3n) is 1.89. The van der Waals surface area contributed by atoms with Crippen LogP contribution in [-0.4, -0.2) is 37.7 Å². The molecule has 0 spiro atoms. The minimum atomic E-state index is -0.947. The summed E-state index contributed by atoms with van der Waals surface area (Å²) in [5, 5.41) is 0. The monoisotopic (exact) mass is 230 g/mol. The van der Waals surface area contributed by atoms with Gasteiger partial charge in [-0.3, -0.25) is 9.59 Å². The van der Waals surface area contributed by atoms with Gasteiger partial charge in [-0.25, -0.2) is 9.59 Å². The molecule has 6 nitrogen and oxygen atoms in total. The summed E-state index contributed by atoms with van der Waals surface area (Å²) >= 11 is 0. The fourth-order valence-electron chi connectivity index (χ4n) is 1.10. The van der Waals surface area contributed by atoms with Crippen molar-refractivity contribution in [3.05, 3.63) is 0 Å². The second-order valence-electron chi connectivity index (χ2n) is 3.34. The number of hydrogen-bond donors (Lipinski definition) is 0. The summed E-state index contributed by atoms with van der Waals surface area (Å²) in [4.78, 5) is 43.8. The highest BCUT2D eigenvalue weighted by Crippen LogP contribution is 2.09. The number of carbonyl (C=O) groups is 4. The maximum atomic E-state index is 11.1. The van der Waals surface area contributed by atoms with Crippen LogP contribution in [0.3, 0.4) is 0 Å². The maximum Gasteiger partial charge on any atom is 0.374 e. The van der Waals surface area contributed by atoms with Gasteiger partial charge in [0.1, 0.15) is 0 Å². The van der Waals surface area contributed by atoms with Crippen molar-refractivity contribution in [2.24, 2.45) is 5.92 Å². The molecule has 0 aromatic rings. The average molecular weight is 230 g/mol. The highest BCUT2D eigenvalue weighted by atomic mass is 16.5. The van der Waals surface area contributed by atoms with Crippen molar-refractivity contribution < 1.29 is 28.7 Å². The molecule has 0 aliphatic rings. The molecule has 0 saturated carbocycles. The van der Waals surface area contributed by atoms with E-state index in [2.05, 4.69) is 9.47 Å². The van der Waals surface area contributed by atoms with E-state index < -0.39 is 29.4 Å². The first-order valence-corrected chi connectivity index (χ1v) is 4.64. The predicted octanol–water partition coefficient (Wildman–Crippen LogP) is -0.113. The Balaban J connectivity index is 4.14. The van der Waals surface area contributed by atoms with E-state index in [0.717, 1.165) is 14.2 Å². The van der Waals surface area contributed by atoms with Crippen LogP contribution in [0.25, 0.3) is 0 Å². The minimum Gasteiger partial charge on any atom is -0.463 e. The Morgan fingerprint density at radius 3 is 1.44 bits per heavy atom. The zero-order valence-corrected chi connectivity index (χ0v) is 9.44. The van der Waals surface area contributed by atoms with E-state index in [1.807, 2.05) is 0 Å². The number of ketones is 2. The summed E-state index contributed by atoms with van der Waals surface area (Å²) in [5.74, 6) is -3.73. The number of ether oxygens (including phenoxy) is 2. The average Bonchev–Trinajstić information content (AvgIpc) is 2.26. The summed E-state index contributed by atoms with van der Waals surface area (Å²) in [7, 11) is 2.20. The molecule has 0 rings (SSSR count). The first kappa shape index (κ1) is 14.3. The Morgan fingerprint density at radius 2 is 1.19 bits per heavy atom. The van der Waals surface area contributed by atoms with Crippen LogP contribution in [0.4, 0.5) is 0 Å². The Bertz CT molecular complexity index is 276. The van der Waals surface area contributed by atoms with Gasteiger partial charge in [0.2, 0.25) is 11.6 Å². The van der Waals surface area contributed by atoms with Crippen molar-refractivity contribution >= 4 is 23.5 Å².